The fourth-order valence-electron chi connectivity index (χ4n) is 1.66. The van der Waals surface area contributed by atoms with Crippen molar-refractivity contribution in [2.24, 2.45) is 0 Å². The Morgan fingerprint density at radius 2 is 2.00 bits per heavy atom. The number of aryl methyl sites for hydroxylation is 1. The first kappa shape index (κ1) is 10.9. The summed E-state index contributed by atoms with van der Waals surface area (Å²) >= 11 is 0. The molecule has 0 aliphatic rings. The first-order chi connectivity index (χ1) is 6.69. The Labute approximate surface area is 84.6 Å². The Kier molecular flexibility index (Phi) is 3.84. The quantitative estimate of drug-likeness (QED) is 0.790. The van der Waals surface area contributed by atoms with Crippen molar-refractivity contribution < 1.29 is 9.90 Å². The van der Waals surface area contributed by atoms with Crippen LogP contribution < -0.4 is 0 Å². The molecule has 0 aliphatic carbocycles. The molecule has 0 unspecified atom stereocenters. The lowest BCUT2D eigenvalue weighted by Crippen LogP contribution is -2.04. The highest BCUT2D eigenvalue weighted by atomic mass is 16.3. The number of aliphatic hydroxyl groups excluding tert-OH is 1. The smallest absolute Gasteiger partial charge is 0.134 e. The van der Waals surface area contributed by atoms with E-state index in [9.17, 15) is 9.90 Å². The van der Waals surface area contributed by atoms with Gasteiger partial charge in [0.2, 0.25) is 0 Å². The number of hydrogen-bond donors (Lipinski definition) is 1. The molecule has 0 aliphatic heterocycles. The molecular formula is C12H16O2. The standard InChI is InChI=1S/C12H16O2/c1-3-10-5-4-6-11(7-9(2)14)12(10)8-13/h4-6,13H,3,7-8H2,1-2H3. The zero-order valence-corrected chi connectivity index (χ0v) is 8.71. The molecule has 0 amide bonds. The van der Waals surface area contributed by atoms with Crippen LogP contribution in [0.2, 0.25) is 0 Å². The molecule has 0 saturated heterocycles. The summed E-state index contributed by atoms with van der Waals surface area (Å²) in [5.41, 5.74) is 3.01. The second-order valence-corrected chi connectivity index (χ2v) is 3.45. The third-order valence-corrected chi connectivity index (χ3v) is 2.35. The first-order valence-corrected chi connectivity index (χ1v) is 4.89. The molecule has 1 rings (SSSR count). The van der Waals surface area contributed by atoms with Gasteiger partial charge in [0, 0.05) is 6.42 Å². The van der Waals surface area contributed by atoms with Gasteiger partial charge in [0.25, 0.3) is 0 Å². The molecular weight excluding hydrogens is 176 g/mol. The average molecular weight is 192 g/mol. The van der Waals surface area contributed by atoms with Crippen LogP contribution in [0.5, 0.6) is 0 Å². The molecule has 1 N–H and O–H groups in total. The molecule has 0 bridgehead atoms. The number of aliphatic hydroxyl groups is 1. The second-order valence-electron chi connectivity index (χ2n) is 3.45. The maximum absolute atomic E-state index is 11.0. The summed E-state index contributed by atoms with van der Waals surface area (Å²) in [6.07, 6.45) is 1.31. The first-order valence-electron chi connectivity index (χ1n) is 4.89. The minimum Gasteiger partial charge on any atom is -0.392 e. The molecule has 0 saturated carbocycles. The fraction of sp³-hybridized carbons (Fsp3) is 0.417. The lowest BCUT2D eigenvalue weighted by atomic mass is 9.97. The van der Waals surface area contributed by atoms with Gasteiger partial charge in [-0.05, 0) is 30.0 Å². The minimum absolute atomic E-state index is 0.0205. The van der Waals surface area contributed by atoms with Gasteiger partial charge < -0.3 is 5.11 Å². The van der Waals surface area contributed by atoms with Crippen molar-refractivity contribution in [3.05, 3.63) is 34.9 Å². The van der Waals surface area contributed by atoms with E-state index in [-0.39, 0.29) is 12.4 Å². The molecule has 0 atom stereocenters. The molecule has 1 aromatic rings. The van der Waals surface area contributed by atoms with E-state index in [2.05, 4.69) is 0 Å². The van der Waals surface area contributed by atoms with Gasteiger partial charge in [-0.15, -0.1) is 0 Å². The number of rotatable bonds is 4. The summed E-state index contributed by atoms with van der Waals surface area (Å²) in [7, 11) is 0. The maximum atomic E-state index is 11.0. The van der Waals surface area contributed by atoms with Gasteiger partial charge in [0.1, 0.15) is 5.78 Å². The Balaban J connectivity index is 3.08. The van der Waals surface area contributed by atoms with Gasteiger partial charge >= 0.3 is 0 Å². The molecule has 2 nitrogen and oxygen atoms in total. The third kappa shape index (κ3) is 2.42. The lowest BCUT2D eigenvalue weighted by molar-refractivity contribution is -0.116. The average Bonchev–Trinajstić information content (AvgIpc) is 2.16. The SMILES string of the molecule is CCc1cccc(CC(C)=O)c1CO. The fourth-order valence-corrected chi connectivity index (χ4v) is 1.66. The zero-order chi connectivity index (χ0) is 10.6. The summed E-state index contributed by atoms with van der Waals surface area (Å²) < 4.78 is 0. The topological polar surface area (TPSA) is 37.3 Å². The molecule has 14 heavy (non-hydrogen) atoms. The predicted octanol–water partition coefficient (Wildman–Crippen LogP) is 1.87. The van der Waals surface area contributed by atoms with Crippen molar-refractivity contribution in [1.29, 1.82) is 0 Å². The van der Waals surface area contributed by atoms with Crippen LogP contribution in [0.3, 0.4) is 0 Å². The minimum atomic E-state index is 0.0205. The Hall–Kier alpha value is -1.15. The number of hydrogen-bond acceptors (Lipinski definition) is 2. The largest absolute Gasteiger partial charge is 0.392 e. The van der Waals surface area contributed by atoms with Gasteiger partial charge in [0.15, 0.2) is 0 Å². The van der Waals surface area contributed by atoms with E-state index in [0.29, 0.717) is 6.42 Å². The number of Topliss-reactive ketones (excluding diaryl/α,β-unsaturated/α-hetero) is 1. The normalized spacial score (nSPS) is 10.2. The van der Waals surface area contributed by atoms with Crippen molar-refractivity contribution in [3.63, 3.8) is 0 Å². The summed E-state index contributed by atoms with van der Waals surface area (Å²) in [5.74, 6) is 0.132. The van der Waals surface area contributed by atoms with Gasteiger partial charge in [-0.25, -0.2) is 0 Å². The van der Waals surface area contributed by atoms with Crippen molar-refractivity contribution in [1.82, 2.24) is 0 Å². The van der Waals surface area contributed by atoms with Crippen LogP contribution in [-0.2, 0) is 24.2 Å². The monoisotopic (exact) mass is 192 g/mol. The number of ketones is 1. The summed E-state index contributed by atoms with van der Waals surface area (Å²) in [4.78, 5) is 11.0. The predicted molar refractivity (Wildman–Crippen MR) is 56.1 cm³/mol. The van der Waals surface area contributed by atoms with Gasteiger partial charge in [-0.2, -0.15) is 0 Å². The van der Waals surface area contributed by atoms with E-state index >= 15 is 0 Å². The van der Waals surface area contributed by atoms with Crippen LogP contribution in [0.4, 0.5) is 0 Å². The number of carbonyl (C=O) groups is 1. The van der Waals surface area contributed by atoms with E-state index in [0.717, 1.165) is 23.1 Å². The van der Waals surface area contributed by atoms with E-state index in [1.165, 1.54) is 0 Å². The highest BCUT2D eigenvalue weighted by Crippen LogP contribution is 2.16. The third-order valence-electron chi connectivity index (χ3n) is 2.35. The maximum Gasteiger partial charge on any atom is 0.134 e. The van der Waals surface area contributed by atoms with Gasteiger partial charge in [-0.1, -0.05) is 25.1 Å². The summed E-state index contributed by atoms with van der Waals surface area (Å²) in [6.45, 7) is 3.64. The summed E-state index contributed by atoms with van der Waals surface area (Å²) in [6, 6.07) is 5.84. The zero-order valence-electron chi connectivity index (χ0n) is 8.71. The van der Waals surface area contributed by atoms with E-state index in [1.54, 1.807) is 6.92 Å². The number of benzene rings is 1. The van der Waals surface area contributed by atoms with E-state index in [4.69, 9.17) is 0 Å². The van der Waals surface area contributed by atoms with Crippen LogP contribution in [0.25, 0.3) is 0 Å². The highest BCUT2D eigenvalue weighted by Gasteiger charge is 2.07. The highest BCUT2D eigenvalue weighted by molar-refractivity contribution is 5.78. The van der Waals surface area contributed by atoms with Crippen LogP contribution in [0.1, 0.15) is 30.5 Å². The van der Waals surface area contributed by atoms with Crippen LogP contribution in [0.15, 0.2) is 18.2 Å². The Morgan fingerprint density at radius 3 is 2.50 bits per heavy atom. The Bertz CT molecular complexity index is 329. The second kappa shape index (κ2) is 4.91. The van der Waals surface area contributed by atoms with Crippen molar-refractivity contribution in [3.8, 4) is 0 Å². The summed E-state index contributed by atoms with van der Waals surface area (Å²) in [5, 5.41) is 9.23. The van der Waals surface area contributed by atoms with Gasteiger partial charge in [0.05, 0.1) is 6.61 Å². The molecule has 2 heteroatoms. The van der Waals surface area contributed by atoms with Crippen LogP contribution in [-0.4, -0.2) is 10.9 Å². The molecule has 0 fully saturated rings. The molecule has 0 heterocycles. The van der Waals surface area contributed by atoms with E-state index < -0.39 is 0 Å². The van der Waals surface area contributed by atoms with Gasteiger partial charge in [-0.3, -0.25) is 4.79 Å². The molecule has 0 spiro atoms. The van der Waals surface area contributed by atoms with E-state index in [1.807, 2.05) is 25.1 Å². The van der Waals surface area contributed by atoms with Crippen LogP contribution in [0, 0.1) is 0 Å². The lowest BCUT2D eigenvalue weighted by Gasteiger charge is -2.10. The van der Waals surface area contributed by atoms with Crippen LogP contribution >= 0.6 is 0 Å². The van der Waals surface area contributed by atoms with Crippen molar-refractivity contribution >= 4 is 5.78 Å². The molecule has 1 aromatic carbocycles. The molecule has 0 aromatic heterocycles. The number of carbonyl (C=O) groups excluding carboxylic acids is 1. The molecule has 0 radical (unpaired) electrons. The van der Waals surface area contributed by atoms with Crippen molar-refractivity contribution in [2.75, 3.05) is 0 Å². The Morgan fingerprint density at radius 1 is 1.36 bits per heavy atom. The molecule has 76 valence electrons. The van der Waals surface area contributed by atoms with Crippen molar-refractivity contribution in [2.45, 2.75) is 33.3 Å².